The Balaban J connectivity index is 1.07. The molecule has 3 aromatic heterocycles. The van der Waals surface area contributed by atoms with Crippen molar-refractivity contribution in [1.82, 2.24) is 30.9 Å². The molecule has 4 atom stereocenters. The molecule has 12 heteroatoms. The Morgan fingerprint density at radius 1 is 0.483 bits per heavy atom. The Morgan fingerprint density at radius 2 is 0.914 bits per heavy atom. The van der Waals surface area contributed by atoms with Crippen molar-refractivity contribution in [1.29, 1.82) is 0 Å². The molecule has 0 saturated carbocycles. The number of nitrogens with two attached hydrogens (primary N) is 2. The highest BCUT2D eigenvalue weighted by atomic mass is 16.2. The lowest BCUT2D eigenvalue weighted by molar-refractivity contribution is -0.133. The Bertz CT molecular complexity index is 2780. The first kappa shape index (κ1) is 37.7. The van der Waals surface area contributed by atoms with Gasteiger partial charge in [-0.1, -0.05) is 97.1 Å². The number of amides is 4. The second kappa shape index (κ2) is 16.5. The molecule has 0 spiro atoms. The Kier molecular flexibility index (Phi) is 10.7. The minimum atomic E-state index is -1.16. The number of fused-ring (bicyclic) bond motifs is 4. The second-order valence-corrected chi connectivity index (χ2v) is 14.8. The average molecular weight is 773 g/mol. The molecule has 0 radical (unpaired) electrons. The number of hydrogen-bond donors (Lipinski definition) is 8. The van der Waals surface area contributed by atoms with E-state index in [-0.39, 0.29) is 25.7 Å². The van der Waals surface area contributed by atoms with E-state index in [1.807, 2.05) is 128 Å². The van der Waals surface area contributed by atoms with Gasteiger partial charge in [0.15, 0.2) is 0 Å². The van der Waals surface area contributed by atoms with E-state index < -0.39 is 47.8 Å². The lowest BCUT2D eigenvalue weighted by Gasteiger charge is -2.25. The zero-order valence-electron chi connectivity index (χ0n) is 31.6. The fraction of sp³-hybridized carbons (Fsp3) is 0.174. The molecule has 4 amide bonds. The molecule has 0 fully saturated rings. The number of H-pyrrole nitrogens is 3. The average Bonchev–Trinajstić information content (AvgIpc) is 3.97. The van der Waals surface area contributed by atoms with Gasteiger partial charge in [0.2, 0.25) is 23.6 Å². The minimum absolute atomic E-state index is 0.0802. The molecular formula is C46H44N8O4. The first-order chi connectivity index (χ1) is 28.2. The summed E-state index contributed by atoms with van der Waals surface area (Å²) in [6.45, 7) is 0. The van der Waals surface area contributed by atoms with E-state index >= 15 is 0 Å². The maximum absolute atomic E-state index is 14.5. The van der Waals surface area contributed by atoms with E-state index in [4.69, 9.17) is 11.5 Å². The Labute approximate surface area is 333 Å². The molecule has 10 N–H and O–H groups in total. The number of para-hydroxylation sites is 3. The topological polar surface area (TPSA) is 204 Å². The molecule has 0 aliphatic carbocycles. The quantitative estimate of drug-likeness (QED) is 0.0737. The van der Waals surface area contributed by atoms with Crippen LogP contribution in [0.25, 0.3) is 43.5 Å². The molecule has 5 aromatic carbocycles. The lowest BCUT2D eigenvalue weighted by Crippen LogP contribution is -2.58. The van der Waals surface area contributed by atoms with Crippen molar-refractivity contribution < 1.29 is 19.2 Å². The van der Waals surface area contributed by atoms with Crippen molar-refractivity contribution >= 4 is 67.1 Å². The molecule has 0 aliphatic rings. The van der Waals surface area contributed by atoms with E-state index in [1.54, 1.807) is 6.20 Å². The third-order valence-corrected chi connectivity index (χ3v) is 10.8. The van der Waals surface area contributed by atoms with Crippen molar-refractivity contribution in [2.75, 3.05) is 0 Å². The number of aromatic amines is 3. The molecule has 0 saturated heterocycles. The van der Waals surface area contributed by atoms with Gasteiger partial charge in [0.25, 0.3) is 0 Å². The van der Waals surface area contributed by atoms with Crippen LogP contribution in [-0.2, 0) is 44.9 Å². The normalized spacial score (nSPS) is 13.6. The van der Waals surface area contributed by atoms with Crippen LogP contribution in [0.4, 0.5) is 0 Å². The first-order valence-corrected chi connectivity index (χ1v) is 19.3. The number of carbonyl (C=O) groups excluding carboxylic acids is 4. The van der Waals surface area contributed by atoms with E-state index in [9.17, 15) is 19.2 Å². The largest absolute Gasteiger partial charge is 0.368 e. The summed E-state index contributed by atoms with van der Waals surface area (Å²) in [5, 5.41) is 13.4. The zero-order chi connectivity index (χ0) is 40.2. The predicted molar refractivity (Wildman–Crippen MR) is 227 cm³/mol. The molecule has 8 aromatic rings. The van der Waals surface area contributed by atoms with Gasteiger partial charge >= 0.3 is 0 Å². The third-order valence-electron chi connectivity index (χ3n) is 10.8. The van der Waals surface area contributed by atoms with Crippen LogP contribution in [0.3, 0.4) is 0 Å². The molecular weight excluding hydrogens is 729 g/mol. The number of nitrogens with one attached hydrogen (secondary N) is 6. The van der Waals surface area contributed by atoms with Crippen molar-refractivity contribution in [2.24, 2.45) is 11.5 Å². The highest BCUT2D eigenvalue weighted by Crippen LogP contribution is 2.23. The number of primary amides is 1. The number of rotatable bonds is 15. The fourth-order valence-electron chi connectivity index (χ4n) is 7.74. The summed E-state index contributed by atoms with van der Waals surface area (Å²) < 4.78 is 0. The molecule has 0 aliphatic heterocycles. The zero-order valence-corrected chi connectivity index (χ0v) is 31.6. The number of aromatic nitrogens is 3. The van der Waals surface area contributed by atoms with Crippen LogP contribution in [0.2, 0.25) is 0 Å². The van der Waals surface area contributed by atoms with Gasteiger partial charge in [0, 0.05) is 70.6 Å². The summed E-state index contributed by atoms with van der Waals surface area (Å²) in [7, 11) is 0. The van der Waals surface area contributed by atoms with E-state index in [2.05, 4.69) is 30.9 Å². The molecule has 292 valence electrons. The number of benzene rings is 5. The van der Waals surface area contributed by atoms with Crippen LogP contribution in [0, 0.1) is 0 Å². The Hall–Kier alpha value is -7.18. The summed E-state index contributed by atoms with van der Waals surface area (Å²) >= 11 is 0. The van der Waals surface area contributed by atoms with Gasteiger partial charge in [-0.2, -0.15) is 0 Å². The smallest absolute Gasteiger partial charge is 0.243 e. The van der Waals surface area contributed by atoms with Gasteiger partial charge in [-0.3, -0.25) is 19.2 Å². The van der Waals surface area contributed by atoms with Crippen molar-refractivity contribution in [3.8, 4) is 0 Å². The summed E-state index contributed by atoms with van der Waals surface area (Å²) in [6, 6.07) is 32.4. The lowest BCUT2D eigenvalue weighted by atomic mass is 9.99. The second-order valence-electron chi connectivity index (χ2n) is 14.8. The van der Waals surface area contributed by atoms with Crippen LogP contribution >= 0.6 is 0 Å². The first-order valence-electron chi connectivity index (χ1n) is 19.3. The standard InChI is InChI=1S/C46H44N8O4/c47-36(21-30-24-49-37-14-6-3-11-33(30)37)44(56)53-41(22-31-25-50-38-15-7-4-12-34(31)38)46(58)54-42(23-32-26-51-39-16-8-5-13-35(32)39)45(57)52-40(43(48)55)20-27-17-18-28-9-1-2-10-29(28)19-27/h1-19,24-26,36,40-42,49-51H,20-23,47H2,(H2,48,55)(H,52,57)(H,53,56)(H,54,58)/t36-,40-,41+,42+/m1/s1. The molecule has 0 bridgehead atoms. The molecule has 3 heterocycles. The Morgan fingerprint density at radius 3 is 1.43 bits per heavy atom. The van der Waals surface area contributed by atoms with Crippen LogP contribution in [0.5, 0.6) is 0 Å². The van der Waals surface area contributed by atoms with E-state index in [0.717, 1.165) is 65.7 Å². The summed E-state index contributed by atoms with van der Waals surface area (Å²) in [5.41, 5.74) is 18.3. The van der Waals surface area contributed by atoms with Crippen molar-refractivity contribution in [2.45, 2.75) is 49.9 Å². The van der Waals surface area contributed by atoms with E-state index in [0.29, 0.717) is 0 Å². The maximum atomic E-state index is 14.5. The number of carbonyl (C=O) groups is 4. The van der Waals surface area contributed by atoms with Gasteiger partial charge in [-0.05, 0) is 57.6 Å². The van der Waals surface area contributed by atoms with Crippen molar-refractivity contribution in [3.05, 3.63) is 156 Å². The van der Waals surface area contributed by atoms with Gasteiger partial charge in [-0.25, -0.2) is 0 Å². The summed E-state index contributed by atoms with van der Waals surface area (Å²) in [6.07, 6.45) is 6.00. The van der Waals surface area contributed by atoms with Gasteiger partial charge < -0.3 is 42.4 Å². The molecule has 12 nitrogen and oxygen atoms in total. The number of hydrogen-bond acceptors (Lipinski definition) is 5. The molecule has 58 heavy (non-hydrogen) atoms. The highest BCUT2D eigenvalue weighted by Gasteiger charge is 2.32. The maximum Gasteiger partial charge on any atom is 0.243 e. The third kappa shape index (κ3) is 8.18. The van der Waals surface area contributed by atoms with Crippen LogP contribution < -0.4 is 27.4 Å². The van der Waals surface area contributed by atoms with Gasteiger partial charge in [0.05, 0.1) is 6.04 Å². The fourth-order valence-corrected chi connectivity index (χ4v) is 7.74. The molecule has 8 rings (SSSR count). The van der Waals surface area contributed by atoms with E-state index in [1.165, 1.54) is 0 Å². The van der Waals surface area contributed by atoms with Crippen LogP contribution in [-0.4, -0.2) is 62.7 Å². The van der Waals surface area contributed by atoms with Crippen molar-refractivity contribution in [3.63, 3.8) is 0 Å². The summed E-state index contributed by atoms with van der Waals surface area (Å²) in [5.74, 6) is -2.43. The van der Waals surface area contributed by atoms with Gasteiger partial charge in [-0.15, -0.1) is 0 Å². The SMILES string of the molecule is NC(=O)[C@@H](Cc1ccc2ccccc2c1)NC(=O)[C@H](Cc1c[nH]c2ccccc12)NC(=O)[C@H](Cc1c[nH]c2ccccc12)NC(=O)[C@H](N)Cc1c[nH]c2ccccc12. The minimum Gasteiger partial charge on any atom is -0.368 e. The molecule has 0 unspecified atom stereocenters. The van der Waals surface area contributed by atoms with Crippen LogP contribution in [0.15, 0.2) is 134 Å². The van der Waals surface area contributed by atoms with Gasteiger partial charge in [0.1, 0.15) is 18.1 Å². The van der Waals surface area contributed by atoms with Crippen LogP contribution in [0.1, 0.15) is 22.3 Å². The summed E-state index contributed by atoms with van der Waals surface area (Å²) in [4.78, 5) is 65.3. The predicted octanol–water partition coefficient (Wildman–Crippen LogP) is 4.82. The highest BCUT2D eigenvalue weighted by molar-refractivity contribution is 5.96. The monoisotopic (exact) mass is 772 g/mol.